The van der Waals surface area contributed by atoms with Gasteiger partial charge in [-0.2, -0.15) is 14.0 Å². The SMILES string of the molecule is CC(Cn1c(CN2CCC(c3cccc4c3O[C@@](C)(c3ccc(Cl)cn3)O4)CC2)nc2cc(C#N)ncc21)OC(F)F. The van der Waals surface area contributed by atoms with Gasteiger partial charge in [-0.25, -0.2) is 9.97 Å². The maximum Gasteiger partial charge on any atom is 0.345 e. The summed E-state index contributed by atoms with van der Waals surface area (Å²) in [4.78, 5) is 15.6. The highest BCUT2D eigenvalue weighted by atomic mass is 35.5. The summed E-state index contributed by atoms with van der Waals surface area (Å²) in [7, 11) is 0. The number of likely N-dealkylation sites (tertiary alicyclic amines) is 1. The molecule has 0 N–H and O–H groups in total. The van der Waals surface area contributed by atoms with Gasteiger partial charge in [-0.3, -0.25) is 9.88 Å². The molecule has 0 bridgehead atoms. The lowest BCUT2D eigenvalue weighted by atomic mass is 9.88. The van der Waals surface area contributed by atoms with Crippen LogP contribution in [0.25, 0.3) is 11.0 Å². The molecule has 0 radical (unpaired) electrons. The highest BCUT2D eigenvalue weighted by Gasteiger charge is 2.42. The highest BCUT2D eigenvalue weighted by Crippen LogP contribution is 2.49. The van der Waals surface area contributed by atoms with E-state index in [9.17, 15) is 14.0 Å². The van der Waals surface area contributed by atoms with Crippen molar-refractivity contribution in [2.75, 3.05) is 13.1 Å². The first-order chi connectivity index (χ1) is 20.2. The number of nitriles is 1. The number of hydrogen-bond acceptors (Lipinski definition) is 8. The summed E-state index contributed by atoms with van der Waals surface area (Å²) in [5.41, 5.74) is 3.27. The molecule has 218 valence electrons. The molecule has 12 heteroatoms. The van der Waals surface area contributed by atoms with Gasteiger partial charge in [0.15, 0.2) is 11.5 Å². The van der Waals surface area contributed by atoms with Gasteiger partial charge in [0, 0.05) is 24.8 Å². The maximum atomic E-state index is 12.9. The smallest absolute Gasteiger partial charge is 0.345 e. The molecule has 1 aromatic carbocycles. The molecule has 0 aliphatic carbocycles. The average Bonchev–Trinajstić information content (AvgIpc) is 3.49. The summed E-state index contributed by atoms with van der Waals surface area (Å²) >= 11 is 6.02. The number of ether oxygens (including phenoxy) is 3. The number of pyridine rings is 2. The monoisotopic (exact) mass is 594 g/mol. The van der Waals surface area contributed by atoms with Gasteiger partial charge in [0.25, 0.3) is 5.79 Å². The Balaban J connectivity index is 1.17. The summed E-state index contributed by atoms with van der Waals surface area (Å²) in [6.07, 6.45) is 4.19. The molecular weight excluding hydrogens is 566 g/mol. The number of benzene rings is 1. The zero-order valence-corrected chi connectivity index (χ0v) is 23.9. The number of fused-ring (bicyclic) bond motifs is 2. The van der Waals surface area contributed by atoms with Crippen molar-refractivity contribution < 1.29 is 23.0 Å². The van der Waals surface area contributed by atoms with Crippen LogP contribution in [0.2, 0.25) is 5.02 Å². The summed E-state index contributed by atoms with van der Waals surface area (Å²) < 4.78 is 45.0. The third-order valence-corrected chi connectivity index (χ3v) is 8.02. The Morgan fingerprint density at radius 1 is 1.17 bits per heavy atom. The summed E-state index contributed by atoms with van der Waals surface area (Å²) in [6, 6.07) is 13.2. The van der Waals surface area contributed by atoms with Gasteiger partial charge < -0.3 is 18.8 Å². The molecule has 4 aromatic rings. The molecule has 1 saturated heterocycles. The number of rotatable bonds is 8. The molecule has 5 heterocycles. The van der Waals surface area contributed by atoms with Gasteiger partial charge in [-0.15, -0.1) is 0 Å². The van der Waals surface area contributed by atoms with Crippen LogP contribution in [-0.2, 0) is 23.6 Å². The van der Waals surface area contributed by atoms with Crippen molar-refractivity contribution in [1.82, 2.24) is 24.4 Å². The Morgan fingerprint density at radius 3 is 2.69 bits per heavy atom. The molecule has 2 aliphatic heterocycles. The molecule has 2 aliphatic rings. The lowest BCUT2D eigenvalue weighted by molar-refractivity contribution is -0.160. The second kappa shape index (κ2) is 11.4. The lowest BCUT2D eigenvalue weighted by Crippen LogP contribution is -2.34. The van der Waals surface area contributed by atoms with E-state index in [1.54, 1.807) is 37.5 Å². The third-order valence-electron chi connectivity index (χ3n) is 7.80. The number of alkyl halides is 2. The minimum absolute atomic E-state index is 0.189. The first kappa shape index (κ1) is 28.3. The van der Waals surface area contributed by atoms with E-state index in [-0.39, 0.29) is 18.2 Å². The van der Waals surface area contributed by atoms with Crippen molar-refractivity contribution in [3.05, 3.63) is 76.6 Å². The van der Waals surface area contributed by atoms with E-state index in [0.717, 1.165) is 37.2 Å². The number of piperidine rings is 1. The normalized spacial score (nSPS) is 19.8. The fourth-order valence-electron chi connectivity index (χ4n) is 5.76. The number of aromatic nitrogens is 4. The molecule has 42 heavy (non-hydrogen) atoms. The number of hydrogen-bond donors (Lipinski definition) is 0. The second-order valence-electron chi connectivity index (χ2n) is 10.8. The predicted molar refractivity (Wildman–Crippen MR) is 150 cm³/mol. The fraction of sp³-hybridized carbons (Fsp3) is 0.400. The molecular formula is C30H29ClF2N6O3. The molecule has 6 rings (SSSR count). The topological polar surface area (TPSA) is 98.3 Å². The van der Waals surface area contributed by atoms with Gasteiger partial charge in [0.1, 0.15) is 23.3 Å². The fourth-order valence-corrected chi connectivity index (χ4v) is 5.87. The minimum Gasteiger partial charge on any atom is -0.443 e. The molecule has 1 unspecified atom stereocenters. The van der Waals surface area contributed by atoms with Gasteiger partial charge in [-0.05, 0) is 57.0 Å². The Hall–Kier alpha value is -3.85. The Kier molecular flexibility index (Phi) is 7.70. The van der Waals surface area contributed by atoms with Crippen molar-refractivity contribution in [3.8, 4) is 17.6 Å². The van der Waals surface area contributed by atoms with Crippen LogP contribution in [0.5, 0.6) is 11.5 Å². The minimum atomic E-state index is -2.87. The molecule has 2 atom stereocenters. The molecule has 0 spiro atoms. The first-order valence-corrected chi connectivity index (χ1v) is 14.1. The number of para-hydroxylation sites is 1. The Labute approximate surface area is 246 Å². The van der Waals surface area contributed by atoms with Crippen molar-refractivity contribution in [2.45, 2.75) is 64.2 Å². The quantitative estimate of drug-likeness (QED) is 0.245. The zero-order chi connectivity index (χ0) is 29.4. The highest BCUT2D eigenvalue weighted by molar-refractivity contribution is 6.30. The van der Waals surface area contributed by atoms with Crippen LogP contribution in [-0.4, -0.2) is 50.2 Å². The van der Waals surface area contributed by atoms with Crippen molar-refractivity contribution in [2.24, 2.45) is 0 Å². The number of halogens is 3. The molecule has 9 nitrogen and oxygen atoms in total. The van der Waals surface area contributed by atoms with Crippen LogP contribution in [0, 0.1) is 11.3 Å². The predicted octanol–water partition coefficient (Wildman–Crippen LogP) is 6.00. The van der Waals surface area contributed by atoms with E-state index in [1.165, 1.54) is 0 Å². The van der Waals surface area contributed by atoms with E-state index in [0.29, 0.717) is 39.9 Å². The molecule has 0 amide bonds. The summed E-state index contributed by atoms with van der Waals surface area (Å²) in [5.74, 6) is 1.36. The number of nitrogens with zero attached hydrogens (tertiary/aromatic N) is 6. The summed E-state index contributed by atoms with van der Waals surface area (Å²) in [5, 5.41) is 9.81. The van der Waals surface area contributed by atoms with Crippen LogP contribution >= 0.6 is 11.6 Å². The van der Waals surface area contributed by atoms with Crippen LogP contribution in [0.1, 0.15) is 55.4 Å². The number of imidazole rings is 1. The van der Waals surface area contributed by atoms with E-state index in [1.807, 2.05) is 29.7 Å². The van der Waals surface area contributed by atoms with Crippen molar-refractivity contribution >= 4 is 22.6 Å². The largest absolute Gasteiger partial charge is 0.443 e. The second-order valence-corrected chi connectivity index (χ2v) is 11.2. The standard InChI is InChI=1S/C30H29ClF2N6O3/c1-18(40-29(32)33)16-39-24-15-35-21(13-34)12-23(24)37-27(39)17-38-10-8-19(9-11-38)22-4-3-5-25-28(22)42-30(2,41-25)26-7-6-20(31)14-36-26/h3-7,12,14-15,18-19,29H,8-11,16-17H2,1-2H3/t18?,30-/m0/s1. The van der Waals surface area contributed by atoms with Gasteiger partial charge >= 0.3 is 6.61 Å². The van der Waals surface area contributed by atoms with E-state index in [4.69, 9.17) is 30.8 Å². The van der Waals surface area contributed by atoms with Crippen LogP contribution in [0.15, 0.2) is 48.8 Å². The molecule has 1 fully saturated rings. The van der Waals surface area contributed by atoms with Gasteiger partial charge in [-0.1, -0.05) is 23.7 Å². The molecule has 3 aromatic heterocycles. The summed E-state index contributed by atoms with van der Waals surface area (Å²) in [6.45, 7) is 2.91. The Bertz CT molecular complexity index is 1630. The van der Waals surface area contributed by atoms with E-state index in [2.05, 4.69) is 20.9 Å². The van der Waals surface area contributed by atoms with Crippen LogP contribution < -0.4 is 9.47 Å². The van der Waals surface area contributed by atoms with Crippen LogP contribution in [0.4, 0.5) is 8.78 Å². The van der Waals surface area contributed by atoms with E-state index < -0.39 is 18.5 Å². The maximum absolute atomic E-state index is 12.9. The molecule has 0 saturated carbocycles. The Morgan fingerprint density at radius 2 is 1.98 bits per heavy atom. The first-order valence-electron chi connectivity index (χ1n) is 13.8. The lowest BCUT2D eigenvalue weighted by Gasteiger charge is -2.32. The van der Waals surface area contributed by atoms with E-state index >= 15 is 0 Å². The van der Waals surface area contributed by atoms with Crippen LogP contribution in [0.3, 0.4) is 0 Å². The van der Waals surface area contributed by atoms with Gasteiger partial charge in [0.2, 0.25) is 0 Å². The van der Waals surface area contributed by atoms with Gasteiger partial charge in [0.05, 0.1) is 41.4 Å². The van der Waals surface area contributed by atoms with Crippen molar-refractivity contribution in [1.29, 1.82) is 5.26 Å². The average molecular weight is 595 g/mol. The third kappa shape index (κ3) is 5.62. The van der Waals surface area contributed by atoms with Crippen molar-refractivity contribution in [3.63, 3.8) is 0 Å². The zero-order valence-electron chi connectivity index (χ0n) is 23.1.